The summed E-state index contributed by atoms with van der Waals surface area (Å²) in [5.41, 5.74) is 6.64. The van der Waals surface area contributed by atoms with Crippen LogP contribution in [0.25, 0.3) is 0 Å². The maximum atomic E-state index is 6.33. The van der Waals surface area contributed by atoms with Crippen molar-refractivity contribution in [3.8, 4) is 0 Å². The molecule has 2 aliphatic rings. The first kappa shape index (κ1) is 18.7. The summed E-state index contributed by atoms with van der Waals surface area (Å²) in [5.74, 6) is 0. The number of rotatable bonds is 3. The number of hydrogen-bond donors (Lipinski definition) is 0. The van der Waals surface area contributed by atoms with Crippen LogP contribution in [0.1, 0.15) is 34.0 Å². The van der Waals surface area contributed by atoms with Crippen molar-refractivity contribution in [1.29, 1.82) is 0 Å². The van der Waals surface area contributed by atoms with E-state index >= 15 is 0 Å². The summed E-state index contributed by atoms with van der Waals surface area (Å²) in [4.78, 5) is 14.1. The maximum absolute atomic E-state index is 6.33. The molecule has 1 atom stereocenters. The van der Waals surface area contributed by atoms with Gasteiger partial charge in [-0.15, -0.1) is 0 Å². The molecule has 29 heavy (non-hydrogen) atoms. The van der Waals surface area contributed by atoms with E-state index in [-0.39, 0.29) is 6.04 Å². The lowest BCUT2D eigenvalue weighted by atomic mass is 9.96. The highest BCUT2D eigenvalue weighted by Crippen LogP contribution is 2.37. The van der Waals surface area contributed by atoms with Gasteiger partial charge in [0.05, 0.1) is 11.7 Å². The van der Waals surface area contributed by atoms with Crippen LogP contribution in [0.15, 0.2) is 61.1 Å². The summed E-state index contributed by atoms with van der Waals surface area (Å²) in [7, 11) is 0. The molecule has 0 amide bonds. The zero-order chi connectivity index (χ0) is 19.6. The largest absolute Gasteiger partial charge is 0.297 e. The molecule has 2 aromatic heterocycles. The summed E-state index contributed by atoms with van der Waals surface area (Å²) in [6, 6.07) is 15.1. The third kappa shape index (κ3) is 3.93. The zero-order valence-corrected chi connectivity index (χ0v) is 17.2. The minimum atomic E-state index is 0.212. The first-order valence-corrected chi connectivity index (χ1v) is 10.7. The second kappa shape index (κ2) is 8.23. The highest BCUT2D eigenvalue weighted by molar-refractivity contribution is 6.30. The quantitative estimate of drug-likeness (QED) is 0.656. The Hall–Kier alpha value is -2.27. The van der Waals surface area contributed by atoms with E-state index in [4.69, 9.17) is 16.6 Å². The fraction of sp³-hybridized carbons (Fsp3) is 0.333. The third-order valence-electron chi connectivity index (χ3n) is 6.18. The van der Waals surface area contributed by atoms with Gasteiger partial charge in [0.2, 0.25) is 0 Å². The number of fused-ring (bicyclic) bond motifs is 2. The van der Waals surface area contributed by atoms with Crippen LogP contribution < -0.4 is 0 Å². The van der Waals surface area contributed by atoms with Gasteiger partial charge in [0.15, 0.2) is 0 Å². The topological polar surface area (TPSA) is 32.3 Å². The Labute approximate surface area is 177 Å². The number of nitrogens with zero attached hydrogens (tertiary/aromatic N) is 4. The first-order valence-electron chi connectivity index (χ1n) is 10.4. The molecule has 1 aromatic carbocycles. The summed E-state index contributed by atoms with van der Waals surface area (Å²) < 4.78 is 0. The van der Waals surface area contributed by atoms with Crippen molar-refractivity contribution >= 4 is 11.6 Å². The molecule has 1 aliphatic heterocycles. The van der Waals surface area contributed by atoms with E-state index in [0.29, 0.717) is 0 Å². The summed E-state index contributed by atoms with van der Waals surface area (Å²) in [6.45, 7) is 5.18. The lowest BCUT2D eigenvalue weighted by molar-refractivity contribution is 0.103. The molecular formula is C24H25ClN4. The van der Waals surface area contributed by atoms with Crippen molar-refractivity contribution in [1.82, 2.24) is 19.8 Å². The maximum Gasteiger partial charge on any atom is 0.0782 e. The molecular weight excluding hydrogens is 380 g/mol. The predicted molar refractivity (Wildman–Crippen MR) is 116 cm³/mol. The van der Waals surface area contributed by atoms with Gasteiger partial charge >= 0.3 is 0 Å². The fourth-order valence-electron chi connectivity index (χ4n) is 4.68. The van der Waals surface area contributed by atoms with Gasteiger partial charge < -0.3 is 0 Å². The van der Waals surface area contributed by atoms with Crippen molar-refractivity contribution in [2.75, 3.05) is 26.2 Å². The van der Waals surface area contributed by atoms with Crippen LogP contribution in [-0.2, 0) is 19.4 Å². The minimum absolute atomic E-state index is 0.212. The molecule has 5 heteroatoms. The van der Waals surface area contributed by atoms with E-state index in [2.05, 4.69) is 51.2 Å². The van der Waals surface area contributed by atoms with Crippen LogP contribution in [0.2, 0.25) is 5.02 Å². The number of aromatic nitrogens is 2. The van der Waals surface area contributed by atoms with Crippen molar-refractivity contribution in [2.45, 2.75) is 25.4 Å². The second-order valence-corrected chi connectivity index (χ2v) is 8.40. The smallest absolute Gasteiger partial charge is 0.0782 e. The van der Waals surface area contributed by atoms with Gasteiger partial charge in [-0.2, -0.15) is 0 Å². The third-order valence-corrected chi connectivity index (χ3v) is 6.41. The Morgan fingerprint density at radius 2 is 1.69 bits per heavy atom. The average Bonchev–Trinajstić information content (AvgIpc) is 2.92. The first-order chi connectivity index (χ1) is 14.3. The van der Waals surface area contributed by atoms with E-state index in [0.717, 1.165) is 50.6 Å². The van der Waals surface area contributed by atoms with E-state index < -0.39 is 0 Å². The van der Waals surface area contributed by atoms with Gasteiger partial charge in [-0.25, -0.2) is 0 Å². The highest BCUT2D eigenvalue weighted by atomic mass is 35.5. The molecule has 4 nitrogen and oxygen atoms in total. The number of pyridine rings is 2. The Bertz CT molecular complexity index is 983. The molecule has 5 rings (SSSR count). The van der Waals surface area contributed by atoms with Crippen molar-refractivity contribution < 1.29 is 0 Å². The normalized spacial score (nSPS) is 20.0. The fourth-order valence-corrected chi connectivity index (χ4v) is 4.87. The molecule has 3 heterocycles. The highest BCUT2D eigenvalue weighted by Gasteiger charge is 2.32. The standard InChI is InChI=1S/C24H25ClN4/c25-21-5-6-22-20(16-21)4-3-19-2-1-9-27-23(19)24(22)29-14-12-28(13-15-29)17-18-7-10-26-11-8-18/h1-2,5-11,16,24H,3-4,12-15,17H2. The lowest BCUT2D eigenvalue weighted by Gasteiger charge is -2.39. The monoisotopic (exact) mass is 404 g/mol. The van der Waals surface area contributed by atoms with Crippen molar-refractivity contribution in [3.05, 3.63) is 94.0 Å². The van der Waals surface area contributed by atoms with Gasteiger partial charge in [-0.05, 0) is 65.4 Å². The van der Waals surface area contributed by atoms with Crippen molar-refractivity contribution in [2.24, 2.45) is 0 Å². The number of benzene rings is 1. The minimum Gasteiger partial charge on any atom is -0.297 e. The molecule has 1 aliphatic carbocycles. The molecule has 0 bridgehead atoms. The number of piperazine rings is 1. The Balaban J connectivity index is 1.41. The Kier molecular flexibility index (Phi) is 5.32. The number of hydrogen-bond acceptors (Lipinski definition) is 4. The Morgan fingerprint density at radius 1 is 0.897 bits per heavy atom. The van der Waals surface area contributed by atoms with Crippen molar-refractivity contribution in [3.63, 3.8) is 0 Å². The molecule has 0 radical (unpaired) electrons. The van der Waals surface area contributed by atoms with E-state index in [1.807, 2.05) is 24.7 Å². The molecule has 148 valence electrons. The van der Waals surface area contributed by atoms with Crippen LogP contribution in [0, 0.1) is 0 Å². The summed E-state index contributed by atoms with van der Waals surface area (Å²) in [6.07, 6.45) is 7.73. The number of halogens is 1. The lowest BCUT2D eigenvalue weighted by Crippen LogP contribution is -2.47. The summed E-state index contributed by atoms with van der Waals surface area (Å²) >= 11 is 6.33. The van der Waals surface area contributed by atoms with Gasteiger partial charge in [-0.1, -0.05) is 23.7 Å². The summed E-state index contributed by atoms with van der Waals surface area (Å²) in [5, 5.41) is 0.823. The van der Waals surface area contributed by atoms with Gasteiger partial charge in [-0.3, -0.25) is 19.8 Å². The molecule has 0 saturated carbocycles. The van der Waals surface area contributed by atoms with Crippen LogP contribution >= 0.6 is 11.6 Å². The van der Waals surface area contributed by atoms with Crippen LogP contribution in [-0.4, -0.2) is 45.9 Å². The molecule has 0 N–H and O–H groups in total. The van der Waals surface area contributed by atoms with Crippen LogP contribution in [0.3, 0.4) is 0 Å². The number of aryl methyl sites for hydroxylation is 2. The molecule has 1 saturated heterocycles. The van der Waals surface area contributed by atoms with E-state index in [1.165, 1.54) is 27.9 Å². The average molecular weight is 405 g/mol. The molecule has 1 unspecified atom stereocenters. The Morgan fingerprint density at radius 3 is 2.52 bits per heavy atom. The predicted octanol–water partition coefficient (Wildman–Crippen LogP) is 4.14. The van der Waals surface area contributed by atoms with Gasteiger partial charge in [0.1, 0.15) is 0 Å². The molecule has 1 fully saturated rings. The molecule has 0 spiro atoms. The van der Waals surface area contributed by atoms with Crippen LogP contribution in [0.4, 0.5) is 0 Å². The van der Waals surface area contributed by atoms with Crippen LogP contribution in [0.5, 0.6) is 0 Å². The van der Waals surface area contributed by atoms with Gasteiger partial charge in [0.25, 0.3) is 0 Å². The van der Waals surface area contributed by atoms with Gasteiger partial charge in [0, 0.05) is 56.3 Å². The van der Waals surface area contributed by atoms with E-state index in [1.54, 1.807) is 0 Å². The SMILES string of the molecule is Clc1ccc2c(c1)CCc1cccnc1C2N1CCN(Cc2ccncc2)CC1. The molecule has 3 aromatic rings. The van der Waals surface area contributed by atoms with E-state index in [9.17, 15) is 0 Å². The zero-order valence-electron chi connectivity index (χ0n) is 16.5. The second-order valence-electron chi connectivity index (χ2n) is 7.96.